The van der Waals surface area contributed by atoms with Crippen LogP contribution in [0, 0.1) is 24.7 Å². The maximum absolute atomic E-state index is 12.9. The standard InChI is InChI=1S/C32H40N4O2/c1-4-38-30(37)15-28(25-8-9-29-31(20(25)2)33-34-35(29)3)27-7-5-6-24-19-36(11-10-26(24)27)32-16-21-12-22(17-32)14-23(13-21)18-32/h5-9,21-23,28H,4,10-19H2,1-3H3. The Morgan fingerprint density at radius 3 is 2.53 bits per heavy atom. The van der Waals surface area contributed by atoms with Gasteiger partial charge in [0.15, 0.2) is 0 Å². The molecule has 1 aromatic heterocycles. The van der Waals surface area contributed by atoms with Crippen molar-refractivity contribution in [1.29, 1.82) is 0 Å². The molecule has 6 heteroatoms. The van der Waals surface area contributed by atoms with Crippen molar-refractivity contribution in [2.75, 3.05) is 13.2 Å². The summed E-state index contributed by atoms with van der Waals surface area (Å²) in [7, 11) is 1.92. The molecule has 6 nitrogen and oxygen atoms in total. The van der Waals surface area contributed by atoms with Gasteiger partial charge in [0, 0.05) is 31.6 Å². The van der Waals surface area contributed by atoms with Gasteiger partial charge in [0.25, 0.3) is 0 Å². The number of fused-ring (bicyclic) bond motifs is 2. The first-order chi connectivity index (χ1) is 18.4. The SMILES string of the molecule is CCOC(=O)CC(c1cccc2c1CCN(C13CC4CC(CC(C4)C1)C3)C2)c1ccc2c(nnn2C)c1C. The maximum Gasteiger partial charge on any atom is 0.306 e. The van der Waals surface area contributed by atoms with E-state index in [0.717, 1.165) is 59.4 Å². The number of aryl methyl sites for hydroxylation is 2. The lowest BCUT2D eigenvalue weighted by Gasteiger charge is -2.61. The van der Waals surface area contributed by atoms with E-state index >= 15 is 0 Å². The molecule has 1 atom stereocenters. The first-order valence-corrected chi connectivity index (χ1v) is 14.7. The smallest absolute Gasteiger partial charge is 0.306 e. The normalized spacial score (nSPS) is 29.0. The fourth-order valence-electron chi connectivity index (χ4n) is 9.22. The summed E-state index contributed by atoms with van der Waals surface area (Å²) < 4.78 is 7.28. The summed E-state index contributed by atoms with van der Waals surface area (Å²) in [6, 6.07) is 11.1. The Morgan fingerprint density at radius 1 is 1.08 bits per heavy atom. The van der Waals surface area contributed by atoms with Gasteiger partial charge in [-0.3, -0.25) is 9.69 Å². The van der Waals surface area contributed by atoms with Crippen molar-refractivity contribution in [3.8, 4) is 0 Å². The minimum absolute atomic E-state index is 0.0542. The molecule has 4 bridgehead atoms. The number of hydrogen-bond acceptors (Lipinski definition) is 5. The lowest BCUT2D eigenvalue weighted by atomic mass is 9.52. The van der Waals surface area contributed by atoms with Gasteiger partial charge in [-0.25, -0.2) is 4.68 Å². The van der Waals surface area contributed by atoms with E-state index in [1.54, 1.807) is 0 Å². The quantitative estimate of drug-likeness (QED) is 0.397. The zero-order valence-electron chi connectivity index (χ0n) is 23.1. The second-order valence-electron chi connectivity index (χ2n) is 12.7. The number of hydrogen-bond donors (Lipinski definition) is 0. The highest BCUT2D eigenvalue weighted by Gasteiger charge is 2.53. The number of aromatic nitrogens is 3. The van der Waals surface area contributed by atoms with Crippen LogP contribution >= 0.6 is 0 Å². The lowest BCUT2D eigenvalue weighted by Crippen LogP contribution is -2.60. The van der Waals surface area contributed by atoms with E-state index in [-0.39, 0.29) is 11.9 Å². The summed E-state index contributed by atoms with van der Waals surface area (Å²) >= 11 is 0. The Balaban J connectivity index is 1.25. The van der Waals surface area contributed by atoms with E-state index in [9.17, 15) is 4.79 Å². The Morgan fingerprint density at radius 2 is 1.82 bits per heavy atom. The molecule has 4 aliphatic carbocycles. The fraction of sp³-hybridized carbons (Fsp3) is 0.594. The lowest BCUT2D eigenvalue weighted by molar-refractivity contribution is -0.143. The van der Waals surface area contributed by atoms with Gasteiger partial charge in [-0.05, 0) is 110 Å². The number of carbonyl (C=O) groups is 1. The summed E-state index contributed by atoms with van der Waals surface area (Å²) in [6.45, 7) is 6.58. The topological polar surface area (TPSA) is 60.2 Å². The van der Waals surface area contributed by atoms with E-state index in [1.807, 2.05) is 18.7 Å². The Labute approximate surface area is 225 Å². The van der Waals surface area contributed by atoms with E-state index in [0.29, 0.717) is 18.6 Å². The van der Waals surface area contributed by atoms with Gasteiger partial charge in [-0.15, -0.1) is 5.10 Å². The molecule has 38 heavy (non-hydrogen) atoms. The van der Waals surface area contributed by atoms with Crippen molar-refractivity contribution >= 4 is 17.0 Å². The highest BCUT2D eigenvalue weighted by Crippen LogP contribution is 2.58. The number of esters is 1. The number of carbonyl (C=O) groups excluding carboxylic acids is 1. The van der Waals surface area contributed by atoms with Crippen molar-refractivity contribution in [3.63, 3.8) is 0 Å². The van der Waals surface area contributed by atoms with Crippen LogP contribution in [0.4, 0.5) is 0 Å². The third kappa shape index (κ3) is 3.90. The molecule has 1 unspecified atom stereocenters. The van der Waals surface area contributed by atoms with Crippen molar-refractivity contribution in [3.05, 3.63) is 58.1 Å². The molecule has 2 aromatic carbocycles. The van der Waals surface area contributed by atoms with Crippen LogP contribution in [0.2, 0.25) is 0 Å². The molecule has 0 radical (unpaired) electrons. The predicted molar refractivity (Wildman–Crippen MR) is 148 cm³/mol. The van der Waals surface area contributed by atoms with Gasteiger partial charge in [0.05, 0.1) is 18.5 Å². The van der Waals surface area contributed by atoms with Crippen molar-refractivity contribution in [2.45, 2.75) is 83.2 Å². The van der Waals surface area contributed by atoms with E-state index in [4.69, 9.17) is 4.74 Å². The molecule has 0 N–H and O–H groups in total. The maximum atomic E-state index is 12.9. The van der Waals surface area contributed by atoms with Gasteiger partial charge in [0.1, 0.15) is 5.52 Å². The Kier molecular flexibility index (Phi) is 5.88. The Bertz CT molecular complexity index is 1360. The minimum atomic E-state index is -0.139. The van der Waals surface area contributed by atoms with Gasteiger partial charge in [-0.2, -0.15) is 0 Å². The van der Waals surface area contributed by atoms with E-state index in [2.05, 4.69) is 52.5 Å². The molecule has 0 amide bonds. The van der Waals surface area contributed by atoms with Gasteiger partial charge < -0.3 is 4.74 Å². The van der Waals surface area contributed by atoms with Gasteiger partial charge in [0.2, 0.25) is 0 Å². The summed E-state index contributed by atoms with van der Waals surface area (Å²) in [5, 5.41) is 8.69. The van der Waals surface area contributed by atoms with Crippen LogP contribution in [0.15, 0.2) is 30.3 Å². The monoisotopic (exact) mass is 512 g/mol. The highest BCUT2D eigenvalue weighted by atomic mass is 16.5. The third-order valence-electron chi connectivity index (χ3n) is 10.5. The van der Waals surface area contributed by atoms with Crippen LogP contribution in [0.25, 0.3) is 11.0 Å². The van der Waals surface area contributed by atoms with Gasteiger partial charge in [-0.1, -0.05) is 29.5 Å². The van der Waals surface area contributed by atoms with Crippen LogP contribution < -0.4 is 0 Å². The minimum Gasteiger partial charge on any atom is -0.466 e. The highest BCUT2D eigenvalue weighted by molar-refractivity contribution is 5.80. The summed E-state index contributed by atoms with van der Waals surface area (Å²) in [5.74, 6) is 2.69. The fourth-order valence-corrected chi connectivity index (χ4v) is 9.22. The molecule has 8 rings (SSSR count). The number of ether oxygens (including phenoxy) is 1. The molecule has 1 aliphatic heterocycles. The predicted octanol–water partition coefficient (Wildman–Crippen LogP) is 5.69. The molecule has 5 aliphatic rings. The second kappa shape index (κ2) is 9.18. The molecular formula is C32H40N4O2. The van der Waals surface area contributed by atoms with Gasteiger partial charge >= 0.3 is 5.97 Å². The zero-order valence-corrected chi connectivity index (χ0v) is 23.1. The molecule has 4 fully saturated rings. The molecular weight excluding hydrogens is 472 g/mol. The molecule has 200 valence electrons. The van der Waals surface area contributed by atoms with E-state index < -0.39 is 0 Å². The average molecular weight is 513 g/mol. The van der Waals surface area contributed by atoms with Crippen molar-refractivity contribution < 1.29 is 9.53 Å². The summed E-state index contributed by atoms with van der Waals surface area (Å²) in [4.78, 5) is 15.8. The number of nitrogens with zero attached hydrogens (tertiary/aromatic N) is 4. The first kappa shape index (κ1) is 24.3. The molecule has 0 saturated heterocycles. The van der Waals surface area contributed by atoms with Crippen LogP contribution in [-0.4, -0.2) is 44.6 Å². The molecule has 3 aromatic rings. The molecule has 0 spiro atoms. The zero-order chi connectivity index (χ0) is 26.0. The van der Waals surface area contributed by atoms with Crippen LogP contribution in [-0.2, 0) is 29.5 Å². The first-order valence-electron chi connectivity index (χ1n) is 14.7. The van der Waals surface area contributed by atoms with Crippen LogP contribution in [0.1, 0.15) is 85.6 Å². The van der Waals surface area contributed by atoms with Crippen molar-refractivity contribution in [2.24, 2.45) is 24.8 Å². The molecule has 2 heterocycles. The van der Waals surface area contributed by atoms with Crippen molar-refractivity contribution in [1.82, 2.24) is 19.9 Å². The summed E-state index contributed by atoms with van der Waals surface area (Å²) in [5.41, 5.74) is 8.81. The Hall–Kier alpha value is -2.73. The summed E-state index contributed by atoms with van der Waals surface area (Å²) in [6.07, 6.45) is 10.1. The van der Waals surface area contributed by atoms with Crippen LogP contribution in [0.3, 0.4) is 0 Å². The molecule has 4 saturated carbocycles. The number of rotatable bonds is 6. The van der Waals surface area contributed by atoms with E-state index in [1.165, 1.54) is 55.2 Å². The second-order valence-corrected chi connectivity index (χ2v) is 12.7. The average Bonchev–Trinajstić information content (AvgIpc) is 3.28. The largest absolute Gasteiger partial charge is 0.466 e. The third-order valence-corrected chi connectivity index (χ3v) is 10.5. The number of benzene rings is 2. The van der Waals surface area contributed by atoms with Crippen LogP contribution in [0.5, 0.6) is 0 Å².